The van der Waals surface area contributed by atoms with Crippen LogP contribution in [0.2, 0.25) is 0 Å². The average molecular weight is 252 g/mol. The average Bonchev–Trinajstić information content (AvgIpc) is 2.32. The molecule has 94 valence electrons. The predicted molar refractivity (Wildman–Crippen MR) is 62.9 cm³/mol. The zero-order valence-corrected chi connectivity index (χ0v) is 9.59. The van der Waals surface area contributed by atoms with Gasteiger partial charge in [-0.2, -0.15) is 5.10 Å². The van der Waals surface area contributed by atoms with Gasteiger partial charge in [0.25, 0.3) is 5.56 Å². The summed E-state index contributed by atoms with van der Waals surface area (Å²) in [6.07, 6.45) is 0. The molecule has 0 aliphatic rings. The monoisotopic (exact) mass is 252 g/mol. The minimum atomic E-state index is -1.09. The number of hydrogen-bond donors (Lipinski definition) is 1. The zero-order valence-electron chi connectivity index (χ0n) is 9.59. The molecule has 0 atom stereocenters. The van der Waals surface area contributed by atoms with Crippen molar-refractivity contribution in [2.75, 3.05) is 6.61 Å². The Balaban J connectivity index is 2.77. The molecule has 0 unspecified atom stereocenters. The van der Waals surface area contributed by atoms with E-state index in [1.165, 1.54) is 0 Å². The van der Waals surface area contributed by atoms with Gasteiger partial charge in [0.05, 0.1) is 12.0 Å². The number of nitrogens with zero attached hydrogens (tertiary/aromatic N) is 1. The normalized spacial score (nSPS) is 10.6. The molecular formula is C12H10F2N2O2. The molecule has 1 heterocycles. The Labute approximate surface area is 101 Å². The van der Waals surface area contributed by atoms with Crippen LogP contribution in [0.3, 0.4) is 0 Å². The summed E-state index contributed by atoms with van der Waals surface area (Å²) in [4.78, 5) is 11.5. The highest BCUT2D eigenvalue weighted by Crippen LogP contribution is 2.22. The lowest BCUT2D eigenvalue weighted by Crippen LogP contribution is -2.12. The first-order chi connectivity index (χ1) is 8.54. The number of nitrogens with one attached hydrogen (secondary N) is 1. The number of benzene rings is 1. The second-order valence-electron chi connectivity index (χ2n) is 3.57. The summed E-state index contributed by atoms with van der Waals surface area (Å²) in [6, 6.07) is 1.74. The maximum Gasteiger partial charge on any atom is 0.272 e. The van der Waals surface area contributed by atoms with E-state index in [9.17, 15) is 13.6 Å². The van der Waals surface area contributed by atoms with Crippen molar-refractivity contribution in [2.45, 2.75) is 6.92 Å². The maximum atomic E-state index is 13.2. The quantitative estimate of drug-likeness (QED) is 0.852. The van der Waals surface area contributed by atoms with Crippen molar-refractivity contribution in [1.82, 2.24) is 10.2 Å². The lowest BCUT2D eigenvalue weighted by molar-refractivity contribution is 0.298. The third-order valence-corrected chi connectivity index (χ3v) is 2.41. The number of aromatic nitrogens is 2. The van der Waals surface area contributed by atoms with Crippen LogP contribution >= 0.6 is 0 Å². The Bertz CT molecular complexity index is 680. The van der Waals surface area contributed by atoms with E-state index in [-0.39, 0.29) is 22.2 Å². The van der Waals surface area contributed by atoms with Crippen LogP contribution in [-0.2, 0) is 4.74 Å². The number of rotatable bonds is 3. The molecule has 0 saturated carbocycles. The van der Waals surface area contributed by atoms with Gasteiger partial charge in [-0.1, -0.05) is 6.58 Å². The molecule has 0 fully saturated rings. The first kappa shape index (κ1) is 12.2. The van der Waals surface area contributed by atoms with E-state index >= 15 is 0 Å². The minimum absolute atomic E-state index is 0.000229. The molecular weight excluding hydrogens is 242 g/mol. The second kappa shape index (κ2) is 4.56. The van der Waals surface area contributed by atoms with Crippen LogP contribution in [0, 0.1) is 11.6 Å². The summed E-state index contributed by atoms with van der Waals surface area (Å²) in [7, 11) is 0. The second-order valence-corrected chi connectivity index (χ2v) is 3.57. The zero-order chi connectivity index (χ0) is 13.3. The number of halogens is 2. The van der Waals surface area contributed by atoms with Crippen molar-refractivity contribution in [3.8, 4) is 0 Å². The maximum absolute atomic E-state index is 13.2. The minimum Gasteiger partial charge on any atom is -0.492 e. The van der Waals surface area contributed by atoms with Crippen LogP contribution in [0.15, 0.2) is 23.5 Å². The summed E-state index contributed by atoms with van der Waals surface area (Å²) in [6.45, 7) is 5.72. The molecule has 0 aliphatic carbocycles. The molecule has 1 aromatic carbocycles. The van der Waals surface area contributed by atoms with E-state index in [2.05, 4.69) is 16.8 Å². The molecule has 4 nitrogen and oxygen atoms in total. The van der Waals surface area contributed by atoms with Crippen molar-refractivity contribution in [3.63, 3.8) is 0 Å². The number of H-pyrrole nitrogens is 1. The molecule has 1 N–H and O–H groups in total. The standard InChI is InChI=1S/C12H10F2N2O2/c1-3-18-6(2)11-7-4-9(13)10(14)5-8(7)12(17)16-15-11/h4-5H,2-3H2,1H3,(H,16,17). The van der Waals surface area contributed by atoms with Gasteiger partial charge in [-0.25, -0.2) is 13.9 Å². The first-order valence-electron chi connectivity index (χ1n) is 5.24. The summed E-state index contributed by atoms with van der Waals surface area (Å²) in [5.41, 5.74) is -0.415. The summed E-state index contributed by atoms with van der Waals surface area (Å²) in [5, 5.41) is 6.10. The van der Waals surface area contributed by atoms with Crippen molar-refractivity contribution in [3.05, 3.63) is 46.4 Å². The molecule has 0 saturated heterocycles. The molecule has 0 radical (unpaired) electrons. The van der Waals surface area contributed by atoms with E-state index in [1.807, 2.05) is 0 Å². The van der Waals surface area contributed by atoms with Gasteiger partial charge in [0.2, 0.25) is 0 Å². The summed E-state index contributed by atoms with van der Waals surface area (Å²) >= 11 is 0. The van der Waals surface area contributed by atoms with Gasteiger partial charge in [-0.15, -0.1) is 0 Å². The number of ether oxygens (including phenoxy) is 1. The van der Waals surface area contributed by atoms with Crippen molar-refractivity contribution < 1.29 is 13.5 Å². The van der Waals surface area contributed by atoms with E-state index in [4.69, 9.17) is 4.74 Å². The van der Waals surface area contributed by atoms with E-state index in [0.717, 1.165) is 12.1 Å². The topological polar surface area (TPSA) is 55.0 Å². The smallest absolute Gasteiger partial charge is 0.272 e. The van der Waals surface area contributed by atoms with Gasteiger partial charge in [0, 0.05) is 5.39 Å². The molecule has 0 aliphatic heterocycles. The lowest BCUT2D eigenvalue weighted by Gasteiger charge is -2.08. The van der Waals surface area contributed by atoms with Crippen molar-refractivity contribution >= 4 is 16.5 Å². The van der Waals surface area contributed by atoms with Crippen LogP contribution in [0.25, 0.3) is 16.5 Å². The SMILES string of the molecule is C=C(OCC)c1n[nH]c(=O)c2cc(F)c(F)cc12. The van der Waals surface area contributed by atoms with Crippen LogP contribution in [0.4, 0.5) is 8.78 Å². The third-order valence-electron chi connectivity index (χ3n) is 2.41. The van der Waals surface area contributed by atoms with Crippen LogP contribution in [0.1, 0.15) is 12.6 Å². The first-order valence-corrected chi connectivity index (χ1v) is 5.24. The number of aromatic amines is 1. The van der Waals surface area contributed by atoms with Crippen LogP contribution in [0.5, 0.6) is 0 Å². The number of fused-ring (bicyclic) bond motifs is 1. The molecule has 1 aromatic heterocycles. The lowest BCUT2D eigenvalue weighted by atomic mass is 10.1. The van der Waals surface area contributed by atoms with Gasteiger partial charge in [0.15, 0.2) is 11.6 Å². The van der Waals surface area contributed by atoms with Crippen molar-refractivity contribution in [1.29, 1.82) is 0 Å². The molecule has 0 spiro atoms. The highest BCUT2D eigenvalue weighted by atomic mass is 19.2. The van der Waals surface area contributed by atoms with Gasteiger partial charge < -0.3 is 4.74 Å². The van der Waals surface area contributed by atoms with Gasteiger partial charge >= 0.3 is 0 Å². The fraction of sp³-hybridized carbons (Fsp3) is 0.167. The fourth-order valence-corrected chi connectivity index (χ4v) is 1.61. The summed E-state index contributed by atoms with van der Waals surface area (Å²) < 4.78 is 31.5. The van der Waals surface area contributed by atoms with E-state index in [1.54, 1.807) is 6.92 Å². The Morgan fingerprint density at radius 1 is 1.39 bits per heavy atom. The van der Waals surface area contributed by atoms with Gasteiger partial charge in [0.1, 0.15) is 11.5 Å². The third kappa shape index (κ3) is 1.97. The van der Waals surface area contributed by atoms with Crippen molar-refractivity contribution in [2.24, 2.45) is 0 Å². The largest absolute Gasteiger partial charge is 0.492 e. The van der Waals surface area contributed by atoms with Gasteiger partial charge in [-0.05, 0) is 19.1 Å². The fourth-order valence-electron chi connectivity index (χ4n) is 1.61. The molecule has 6 heteroatoms. The highest BCUT2D eigenvalue weighted by Gasteiger charge is 2.14. The molecule has 2 rings (SSSR count). The molecule has 2 aromatic rings. The Kier molecular flexibility index (Phi) is 3.10. The molecule has 0 amide bonds. The van der Waals surface area contributed by atoms with Crippen LogP contribution in [-0.4, -0.2) is 16.8 Å². The molecule has 0 bridgehead atoms. The Morgan fingerprint density at radius 2 is 2.00 bits per heavy atom. The molecule has 18 heavy (non-hydrogen) atoms. The highest BCUT2D eigenvalue weighted by molar-refractivity contribution is 5.89. The predicted octanol–water partition coefficient (Wildman–Crippen LogP) is 2.21. The Morgan fingerprint density at radius 3 is 2.61 bits per heavy atom. The van der Waals surface area contributed by atoms with E-state index in [0.29, 0.717) is 6.61 Å². The van der Waals surface area contributed by atoms with Crippen LogP contribution < -0.4 is 5.56 Å². The Hall–Kier alpha value is -2.24. The summed E-state index contributed by atoms with van der Waals surface area (Å²) in [5.74, 6) is -1.96. The van der Waals surface area contributed by atoms with E-state index < -0.39 is 17.2 Å². The number of hydrogen-bond acceptors (Lipinski definition) is 3. The van der Waals surface area contributed by atoms with Gasteiger partial charge in [-0.3, -0.25) is 4.79 Å².